The van der Waals surface area contributed by atoms with Gasteiger partial charge >= 0.3 is 12.1 Å². The summed E-state index contributed by atoms with van der Waals surface area (Å²) in [6.45, 7) is 0. The number of carboxylic acids is 1. The first-order valence-electron chi connectivity index (χ1n) is 13.0. The molecule has 2 saturated carbocycles. The molecule has 3 aliphatic rings. The van der Waals surface area contributed by atoms with Crippen LogP contribution in [0.2, 0.25) is 0 Å². The number of halogens is 3. The molecule has 3 aromatic carbocycles. The summed E-state index contributed by atoms with van der Waals surface area (Å²) >= 11 is 1.42. The van der Waals surface area contributed by atoms with Crippen molar-refractivity contribution in [1.82, 2.24) is 4.57 Å². The highest BCUT2D eigenvalue weighted by Gasteiger charge is 2.66. The molecule has 1 N–H and O–H groups in total. The van der Waals surface area contributed by atoms with Gasteiger partial charge in [-0.3, -0.25) is 9.36 Å². The molecule has 4 aromatic rings. The number of hydrogen-bond acceptors (Lipinski definition) is 3. The maximum atomic E-state index is 13.6. The lowest BCUT2D eigenvalue weighted by atomic mass is 9.64. The second-order valence-electron chi connectivity index (χ2n) is 10.8. The van der Waals surface area contributed by atoms with Crippen molar-refractivity contribution in [3.8, 4) is 0 Å². The van der Waals surface area contributed by atoms with Crippen molar-refractivity contribution in [3.05, 3.63) is 111 Å². The molecular formula is C31H24F3NO3S. The zero-order valence-corrected chi connectivity index (χ0v) is 21.6. The average molecular weight is 548 g/mol. The van der Waals surface area contributed by atoms with Crippen LogP contribution in [0.15, 0.2) is 82.6 Å². The Hall–Kier alpha value is -3.52. The number of carboxylic acid groups (broad SMARTS) is 1. The zero-order valence-electron chi connectivity index (χ0n) is 20.7. The summed E-state index contributed by atoms with van der Waals surface area (Å²) in [5.41, 5.74) is 1.32. The molecule has 0 bridgehead atoms. The van der Waals surface area contributed by atoms with Crippen LogP contribution in [0.3, 0.4) is 0 Å². The first kappa shape index (κ1) is 24.5. The molecule has 0 amide bonds. The van der Waals surface area contributed by atoms with E-state index in [-0.39, 0.29) is 23.8 Å². The highest BCUT2D eigenvalue weighted by atomic mass is 32.2. The van der Waals surface area contributed by atoms with Crippen molar-refractivity contribution in [2.45, 2.75) is 59.5 Å². The normalized spacial score (nSPS) is 23.8. The van der Waals surface area contributed by atoms with E-state index in [4.69, 9.17) is 0 Å². The number of hydrogen-bond donors (Lipinski definition) is 1. The molecule has 0 radical (unpaired) electrons. The van der Waals surface area contributed by atoms with E-state index in [0.717, 1.165) is 57.5 Å². The van der Waals surface area contributed by atoms with Crippen molar-refractivity contribution in [2.24, 2.45) is 0 Å². The fraction of sp³-hybridized carbons (Fsp3) is 0.290. The van der Waals surface area contributed by atoms with E-state index in [1.807, 2.05) is 18.2 Å². The van der Waals surface area contributed by atoms with Crippen LogP contribution < -0.4 is 5.56 Å². The smallest absolute Gasteiger partial charge is 0.416 e. The van der Waals surface area contributed by atoms with Gasteiger partial charge < -0.3 is 5.11 Å². The summed E-state index contributed by atoms with van der Waals surface area (Å²) in [6, 6.07) is 20.9. The molecule has 2 fully saturated rings. The summed E-state index contributed by atoms with van der Waals surface area (Å²) in [7, 11) is 0. The quantitative estimate of drug-likeness (QED) is 0.294. The van der Waals surface area contributed by atoms with Crippen LogP contribution in [0.5, 0.6) is 0 Å². The first-order chi connectivity index (χ1) is 18.7. The van der Waals surface area contributed by atoms with Gasteiger partial charge in [-0.1, -0.05) is 54.6 Å². The zero-order chi connectivity index (χ0) is 27.1. The Morgan fingerprint density at radius 3 is 2.41 bits per heavy atom. The molecular weight excluding hydrogens is 523 g/mol. The SMILES string of the molecule is O=C(O)C12C[C@H](c3ccc(C(F)(F)F)cc3)C1Sc1c(C3CC3)c(Cc3cccc4ccccc34)cc(=O)n12. The molecule has 0 spiro atoms. The average Bonchev–Trinajstić information content (AvgIpc) is 3.69. The lowest BCUT2D eigenvalue weighted by Crippen LogP contribution is -2.61. The molecule has 39 heavy (non-hydrogen) atoms. The highest BCUT2D eigenvalue weighted by Crippen LogP contribution is 2.64. The van der Waals surface area contributed by atoms with Crippen molar-refractivity contribution in [1.29, 1.82) is 0 Å². The topological polar surface area (TPSA) is 59.3 Å². The number of thioether (sulfide) groups is 1. The van der Waals surface area contributed by atoms with Gasteiger partial charge in [0.15, 0.2) is 5.54 Å². The van der Waals surface area contributed by atoms with Crippen LogP contribution in [0.4, 0.5) is 13.2 Å². The van der Waals surface area contributed by atoms with Crippen molar-refractivity contribution >= 4 is 28.5 Å². The van der Waals surface area contributed by atoms with Gasteiger partial charge in [0.2, 0.25) is 0 Å². The summed E-state index contributed by atoms with van der Waals surface area (Å²) in [5.74, 6) is -1.05. The Morgan fingerprint density at radius 1 is 1.00 bits per heavy atom. The predicted molar refractivity (Wildman–Crippen MR) is 143 cm³/mol. The van der Waals surface area contributed by atoms with Crippen molar-refractivity contribution < 1.29 is 23.1 Å². The molecule has 4 nitrogen and oxygen atoms in total. The van der Waals surface area contributed by atoms with Crippen LogP contribution in [0.1, 0.15) is 58.9 Å². The first-order valence-corrected chi connectivity index (χ1v) is 13.9. The predicted octanol–water partition coefficient (Wildman–Crippen LogP) is 6.93. The maximum Gasteiger partial charge on any atom is 0.416 e. The molecule has 8 heteroatoms. The third-order valence-electron chi connectivity index (χ3n) is 8.59. The molecule has 1 aliphatic heterocycles. The maximum absolute atomic E-state index is 13.6. The fourth-order valence-electron chi connectivity index (χ4n) is 6.52. The number of benzene rings is 3. The number of aliphatic carboxylic acids is 1. The van der Waals surface area contributed by atoms with Crippen molar-refractivity contribution in [2.75, 3.05) is 0 Å². The van der Waals surface area contributed by atoms with Gasteiger partial charge in [-0.2, -0.15) is 13.2 Å². The third-order valence-corrected chi connectivity index (χ3v) is 10.2. The second kappa shape index (κ2) is 8.49. The van der Waals surface area contributed by atoms with E-state index in [9.17, 15) is 27.9 Å². The van der Waals surface area contributed by atoms with Gasteiger partial charge in [-0.25, -0.2) is 4.79 Å². The summed E-state index contributed by atoms with van der Waals surface area (Å²) in [4.78, 5) is 26.4. The number of alkyl halides is 3. The van der Waals surface area contributed by atoms with Crippen molar-refractivity contribution in [3.63, 3.8) is 0 Å². The molecule has 2 aliphatic carbocycles. The van der Waals surface area contributed by atoms with Crippen LogP contribution in [-0.4, -0.2) is 20.9 Å². The van der Waals surface area contributed by atoms with Crippen LogP contribution in [-0.2, 0) is 22.9 Å². The minimum absolute atomic E-state index is 0.172. The summed E-state index contributed by atoms with van der Waals surface area (Å²) in [5, 5.41) is 12.9. The van der Waals surface area contributed by atoms with Crippen LogP contribution in [0.25, 0.3) is 10.8 Å². The molecule has 1 aromatic heterocycles. The van der Waals surface area contributed by atoms with Gasteiger partial charge in [-0.05, 0) is 76.8 Å². The second-order valence-corrected chi connectivity index (χ2v) is 12.0. The fourth-order valence-corrected chi connectivity index (χ4v) is 8.45. The van der Waals surface area contributed by atoms with Crippen LogP contribution >= 0.6 is 11.8 Å². The molecule has 7 rings (SSSR count). The largest absolute Gasteiger partial charge is 0.479 e. The minimum Gasteiger partial charge on any atom is -0.479 e. The molecule has 3 atom stereocenters. The molecule has 198 valence electrons. The Balaban J connectivity index is 1.31. The van der Waals surface area contributed by atoms with E-state index < -0.39 is 28.5 Å². The van der Waals surface area contributed by atoms with Gasteiger partial charge in [0.25, 0.3) is 5.56 Å². The monoisotopic (exact) mass is 547 g/mol. The Morgan fingerprint density at radius 2 is 1.72 bits per heavy atom. The summed E-state index contributed by atoms with van der Waals surface area (Å²) in [6.07, 6.45) is -1.72. The Bertz CT molecular complexity index is 1700. The van der Waals surface area contributed by atoms with E-state index in [1.54, 1.807) is 6.07 Å². The lowest BCUT2D eigenvalue weighted by Gasteiger charge is -2.48. The van der Waals surface area contributed by atoms with Gasteiger partial charge in [0.1, 0.15) is 0 Å². The lowest BCUT2D eigenvalue weighted by molar-refractivity contribution is -0.153. The van der Waals surface area contributed by atoms with Gasteiger partial charge in [-0.15, -0.1) is 11.8 Å². The third kappa shape index (κ3) is 3.68. The number of carbonyl (C=O) groups is 1. The van der Waals surface area contributed by atoms with E-state index >= 15 is 0 Å². The summed E-state index contributed by atoms with van der Waals surface area (Å²) < 4.78 is 40.8. The van der Waals surface area contributed by atoms with Gasteiger partial charge in [0, 0.05) is 12.0 Å². The molecule has 0 saturated heterocycles. The highest BCUT2D eigenvalue weighted by molar-refractivity contribution is 8.00. The number of rotatable bonds is 5. The van der Waals surface area contributed by atoms with E-state index in [0.29, 0.717) is 12.0 Å². The number of aromatic nitrogens is 1. The molecule has 2 heterocycles. The Labute approximate surface area is 226 Å². The van der Waals surface area contributed by atoms with E-state index in [2.05, 4.69) is 24.3 Å². The molecule has 2 unspecified atom stereocenters. The number of nitrogens with zero attached hydrogens (tertiary/aromatic N) is 1. The van der Waals surface area contributed by atoms with E-state index in [1.165, 1.54) is 28.5 Å². The number of fused-ring (bicyclic) bond motifs is 4. The van der Waals surface area contributed by atoms with Crippen LogP contribution in [0, 0.1) is 0 Å². The number of pyridine rings is 1. The standard InChI is InChI=1S/C31H24F3NO3S/c32-31(33,34)22-12-10-18(11-13-22)24-16-30(29(37)38)27(24)39-28-26(19-8-9-19)21(15-25(36)35(28)30)14-20-6-3-5-17-4-1-2-7-23(17)20/h1-7,10-13,15,19,24,27H,8-9,14,16H2,(H,37,38)/t24-,27?,30?/m1/s1. The van der Waals surface area contributed by atoms with Gasteiger partial charge in [0.05, 0.1) is 15.8 Å². The Kier molecular flexibility index (Phi) is 5.34. The minimum atomic E-state index is -4.44.